The lowest BCUT2D eigenvalue weighted by atomic mass is 9.90. The molecular formula is C15H20N2O. The molecule has 1 rings (SSSR count). The standard InChI is InChI=1S/C15H20N2O/c1-5-15(3,4)10-17-14(18)13-7-6-12(9-16)8-11(13)2/h6-8H,5,10H2,1-4H3,(H,17,18). The molecule has 0 spiro atoms. The molecular weight excluding hydrogens is 224 g/mol. The fraction of sp³-hybridized carbons (Fsp3) is 0.467. The zero-order chi connectivity index (χ0) is 13.8. The average molecular weight is 244 g/mol. The maximum absolute atomic E-state index is 12.0. The van der Waals surface area contributed by atoms with Crippen molar-refractivity contribution in [1.29, 1.82) is 5.26 Å². The van der Waals surface area contributed by atoms with E-state index < -0.39 is 0 Å². The van der Waals surface area contributed by atoms with Crippen LogP contribution in [-0.4, -0.2) is 12.5 Å². The monoisotopic (exact) mass is 244 g/mol. The second-order valence-electron chi connectivity index (χ2n) is 5.34. The first kappa shape index (κ1) is 14.2. The molecule has 0 saturated carbocycles. The molecule has 1 aromatic rings. The Morgan fingerprint density at radius 1 is 1.44 bits per heavy atom. The number of carbonyl (C=O) groups is 1. The lowest BCUT2D eigenvalue weighted by molar-refractivity contribution is 0.0935. The van der Waals surface area contributed by atoms with Gasteiger partial charge in [-0.05, 0) is 42.5 Å². The van der Waals surface area contributed by atoms with Crippen LogP contribution >= 0.6 is 0 Å². The van der Waals surface area contributed by atoms with Crippen LogP contribution < -0.4 is 5.32 Å². The van der Waals surface area contributed by atoms with Gasteiger partial charge in [0.1, 0.15) is 0 Å². The van der Waals surface area contributed by atoms with E-state index in [0.29, 0.717) is 17.7 Å². The molecule has 0 unspecified atom stereocenters. The van der Waals surface area contributed by atoms with Crippen LogP contribution in [0.3, 0.4) is 0 Å². The first-order chi connectivity index (χ1) is 8.39. The Morgan fingerprint density at radius 3 is 2.61 bits per heavy atom. The number of rotatable bonds is 4. The third kappa shape index (κ3) is 3.59. The minimum Gasteiger partial charge on any atom is -0.351 e. The SMILES string of the molecule is CCC(C)(C)CNC(=O)c1ccc(C#N)cc1C. The van der Waals surface area contributed by atoms with Gasteiger partial charge in [-0.1, -0.05) is 20.8 Å². The number of nitrogens with one attached hydrogen (secondary N) is 1. The van der Waals surface area contributed by atoms with Crippen molar-refractivity contribution in [2.45, 2.75) is 34.1 Å². The van der Waals surface area contributed by atoms with E-state index in [1.165, 1.54) is 0 Å². The van der Waals surface area contributed by atoms with Crippen LogP contribution in [0.5, 0.6) is 0 Å². The van der Waals surface area contributed by atoms with Gasteiger partial charge >= 0.3 is 0 Å². The van der Waals surface area contributed by atoms with Crippen molar-refractivity contribution in [1.82, 2.24) is 5.32 Å². The summed E-state index contributed by atoms with van der Waals surface area (Å²) in [5, 5.41) is 11.7. The number of nitriles is 1. The van der Waals surface area contributed by atoms with Crippen LogP contribution in [0.4, 0.5) is 0 Å². The lowest BCUT2D eigenvalue weighted by Crippen LogP contribution is -2.33. The van der Waals surface area contributed by atoms with Gasteiger partial charge in [0.2, 0.25) is 0 Å². The van der Waals surface area contributed by atoms with E-state index in [2.05, 4.69) is 32.2 Å². The van der Waals surface area contributed by atoms with Gasteiger partial charge in [0.15, 0.2) is 0 Å². The van der Waals surface area contributed by atoms with Gasteiger partial charge in [-0.2, -0.15) is 5.26 Å². The molecule has 3 heteroatoms. The summed E-state index contributed by atoms with van der Waals surface area (Å²) in [6.45, 7) is 8.86. The van der Waals surface area contributed by atoms with Gasteiger partial charge in [-0.15, -0.1) is 0 Å². The smallest absolute Gasteiger partial charge is 0.251 e. The summed E-state index contributed by atoms with van der Waals surface area (Å²) in [6.07, 6.45) is 1.01. The first-order valence-electron chi connectivity index (χ1n) is 6.18. The first-order valence-corrected chi connectivity index (χ1v) is 6.18. The Labute approximate surface area is 109 Å². The molecule has 0 aliphatic heterocycles. The molecule has 0 aliphatic rings. The average Bonchev–Trinajstić information content (AvgIpc) is 2.36. The molecule has 18 heavy (non-hydrogen) atoms. The van der Waals surface area contributed by atoms with Crippen molar-refractivity contribution in [3.63, 3.8) is 0 Å². The highest BCUT2D eigenvalue weighted by Crippen LogP contribution is 2.18. The van der Waals surface area contributed by atoms with Crippen molar-refractivity contribution >= 4 is 5.91 Å². The summed E-state index contributed by atoms with van der Waals surface area (Å²) in [4.78, 5) is 12.0. The highest BCUT2D eigenvalue weighted by atomic mass is 16.1. The van der Waals surface area contributed by atoms with E-state index in [-0.39, 0.29) is 11.3 Å². The van der Waals surface area contributed by atoms with Crippen LogP contribution in [0.25, 0.3) is 0 Å². The molecule has 0 atom stereocenters. The molecule has 96 valence electrons. The quantitative estimate of drug-likeness (QED) is 0.885. The minimum atomic E-state index is -0.0708. The van der Waals surface area contributed by atoms with Crippen molar-refractivity contribution < 1.29 is 4.79 Å². The van der Waals surface area contributed by atoms with Gasteiger partial charge < -0.3 is 5.32 Å². The normalized spacial score (nSPS) is 10.8. The Kier molecular flexibility index (Phi) is 4.49. The van der Waals surface area contributed by atoms with Crippen molar-refractivity contribution in [3.8, 4) is 6.07 Å². The summed E-state index contributed by atoms with van der Waals surface area (Å²) in [5.74, 6) is -0.0708. The van der Waals surface area contributed by atoms with Gasteiger partial charge in [0, 0.05) is 12.1 Å². The van der Waals surface area contributed by atoms with E-state index in [1.54, 1.807) is 18.2 Å². The van der Waals surface area contributed by atoms with Gasteiger partial charge in [-0.3, -0.25) is 4.79 Å². The summed E-state index contributed by atoms with van der Waals surface area (Å²) in [7, 11) is 0. The van der Waals surface area contributed by atoms with Crippen LogP contribution in [-0.2, 0) is 0 Å². The second kappa shape index (κ2) is 5.68. The topological polar surface area (TPSA) is 52.9 Å². The van der Waals surface area contributed by atoms with E-state index in [1.807, 2.05) is 6.92 Å². The van der Waals surface area contributed by atoms with Gasteiger partial charge in [0.05, 0.1) is 11.6 Å². The maximum Gasteiger partial charge on any atom is 0.251 e. The Bertz CT molecular complexity index is 484. The van der Waals surface area contributed by atoms with Crippen LogP contribution in [0.1, 0.15) is 48.7 Å². The van der Waals surface area contributed by atoms with E-state index in [9.17, 15) is 4.79 Å². The molecule has 1 amide bonds. The summed E-state index contributed by atoms with van der Waals surface area (Å²) < 4.78 is 0. The number of hydrogen-bond donors (Lipinski definition) is 1. The molecule has 0 saturated heterocycles. The molecule has 0 bridgehead atoms. The minimum absolute atomic E-state index is 0.0708. The molecule has 0 aliphatic carbocycles. The Balaban J connectivity index is 2.77. The molecule has 1 N–H and O–H groups in total. The van der Waals surface area contributed by atoms with Crippen LogP contribution in [0.15, 0.2) is 18.2 Å². The number of carbonyl (C=O) groups excluding carboxylic acids is 1. The number of nitrogens with zero attached hydrogens (tertiary/aromatic N) is 1. The van der Waals surface area contributed by atoms with Crippen molar-refractivity contribution in [3.05, 3.63) is 34.9 Å². The summed E-state index contributed by atoms with van der Waals surface area (Å²) in [5.41, 5.74) is 2.16. The Morgan fingerprint density at radius 2 is 2.11 bits per heavy atom. The van der Waals surface area contributed by atoms with E-state index >= 15 is 0 Å². The third-order valence-corrected chi connectivity index (χ3v) is 3.28. The van der Waals surface area contributed by atoms with E-state index in [0.717, 1.165) is 12.0 Å². The fourth-order valence-electron chi connectivity index (χ4n) is 1.53. The fourth-order valence-corrected chi connectivity index (χ4v) is 1.53. The Hall–Kier alpha value is -1.82. The van der Waals surface area contributed by atoms with Crippen LogP contribution in [0, 0.1) is 23.7 Å². The second-order valence-corrected chi connectivity index (χ2v) is 5.34. The highest BCUT2D eigenvalue weighted by Gasteiger charge is 2.17. The summed E-state index contributed by atoms with van der Waals surface area (Å²) >= 11 is 0. The predicted octanol–water partition coefficient (Wildman–Crippen LogP) is 3.03. The van der Waals surface area contributed by atoms with Gasteiger partial charge in [-0.25, -0.2) is 0 Å². The number of hydrogen-bond acceptors (Lipinski definition) is 2. The van der Waals surface area contributed by atoms with Crippen molar-refractivity contribution in [2.24, 2.45) is 5.41 Å². The number of aryl methyl sites for hydroxylation is 1. The molecule has 0 fully saturated rings. The number of benzene rings is 1. The molecule has 1 aromatic carbocycles. The number of amides is 1. The third-order valence-electron chi connectivity index (χ3n) is 3.28. The zero-order valence-corrected chi connectivity index (χ0v) is 11.5. The summed E-state index contributed by atoms with van der Waals surface area (Å²) in [6, 6.07) is 7.19. The predicted molar refractivity (Wildman–Crippen MR) is 72.3 cm³/mol. The highest BCUT2D eigenvalue weighted by molar-refractivity contribution is 5.95. The van der Waals surface area contributed by atoms with Crippen molar-refractivity contribution in [2.75, 3.05) is 6.54 Å². The maximum atomic E-state index is 12.0. The molecule has 0 heterocycles. The molecule has 0 radical (unpaired) electrons. The van der Waals surface area contributed by atoms with Crippen LogP contribution in [0.2, 0.25) is 0 Å². The zero-order valence-electron chi connectivity index (χ0n) is 11.5. The lowest BCUT2D eigenvalue weighted by Gasteiger charge is -2.23. The largest absolute Gasteiger partial charge is 0.351 e. The molecule has 3 nitrogen and oxygen atoms in total. The van der Waals surface area contributed by atoms with E-state index in [4.69, 9.17) is 5.26 Å². The van der Waals surface area contributed by atoms with Gasteiger partial charge in [0.25, 0.3) is 5.91 Å². The molecule has 0 aromatic heterocycles.